The van der Waals surface area contributed by atoms with Crippen LogP contribution < -0.4 is 11.1 Å². The highest BCUT2D eigenvalue weighted by Crippen LogP contribution is 2.23. The number of amides is 1. The molecule has 11 heteroatoms. The second-order valence-corrected chi connectivity index (χ2v) is 5.64. The van der Waals surface area contributed by atoms with Gasteiger partial charge < -0.3 is 15.8 Å². The molecule has 0 aliphatic rings. The summed E-state index contributed by atoms with van der Waals surface area (Å²) in [6.07, 6.45) is -4.02. The Morgan fingerprint density at radius 3 is 2.69 bits per heavy atom. The minimum absolute atomic E-state index is 0.0130. The summed E-state index contributed by atoms with van der Waals surface area (Å²) in [4.78, 5) is 19.6. The first-order chi connectivity index (χ1) is 13.8. The molecule has 0 fully saturated rings. The van der Waals surface area contributed by atoms with Crippen molar-refractivity contribution in [2.45, 2.75) is 19.0 Å². The van der Waals surface area contributed by atoms with E-state index in [0.29, 0.717) is 0 Å². The van der Waals surface area contributed by atoms with Gasteiger partial charge in [-0.15, -0.1) is 0 Å². The minimum Gasteiger partial charge on any atom is -0.459 e. The summed E-state index contributed by atoms with van der Waals surface area (Å²) >= 11 is 0. The van der Waals surface area contributed by atoms with E-state index in [2.05, 4.69) is 15.3 Å². The van der Waals surface area contributed by atoms with Crippen molar-refractivity contribution >= 4 is 23.3 Å². The molecule has 0 unspecified atom stereocenters. The highest BCUT2D eigenvalue weighted by atomic mass is 19.3. The van der Waals surface area contributed by atoms with Crippen LogP contribution in [0.3, 0.4) is 0 Å². The molecule has 0 aliphatic heterocycles. The van der Waals surface area contributed by atoms with Crippen molar-refractivity contribution in [2.24, 2.45) is 10.7 Å². The zero-order chi connectivity index (χ0) is 21.4. The Morgan fingerprint density at radius 2 is 2.10 bits per heavy atom. The van der Waals surface area contributed by atoms with Gasteiger partial charge in [0.2, 0.25) is 6.43 Å². The van der Waals surface area contributed by atoms with Crippen LogP contribution in [0.15, 0.2) is 41.5 Å². The maximum Gasteiger partial charge on any atom is 0.287 e. The lowest BCUT2D eigenvalue weighted by Gasteiger charge is -2.14. The van der Waals surface area contributed by atoms with Crippen LogP contribution in [0, 0.1) is 17.1 Å². The van der Waals surface area contributed by atoms with E-state index in [1.165, 1.54) is 24.4 Å². The molecule has 2 rings (SSSR count). The lowest BCUT2D eigenvalue weighted by atomic mass is 10.2. The smallest absolute Gasteiger partial charge is 0.287 e. The van der Waals surface area contributed by atoms with Gasteiger partial charge in [-0.1, -0.05) is 0 Å². The van der Waals surface area contributed by atoms with E-state index in [0.717, 1.165) is 12.1 Å². The molecule has 1 aromatic heterocycles. The van der Waals surface area contributed by atoms with Gasteiger partial charge in [-0.2, -0.15) is 10.3 Å². The van der Waals surface area contributed by atoms with Gasteiger partial charge in [0.1, 0.15) is 36.0 Å². The van der Waals surface area contributed by atoms with Crippen molar-refractivity contribution in [1.82, 2.24) is 4.98 Å². The molecule has 0 spiro atoms. The quantitative estimate of drug-likeness (QED) is 0.414. The molecule has 7 nitrogen and oxygen atoms in total. The molecule has 2 aromatic rings. The summed E-state index contributed by atoms with van der Waals surface area (Å²) < 4.78 is 56.0. The number of nitrogens with one attached hydrogen (secondary N) is 1. The van der Waals surface area contributed by atoms with Crippen LogP contribution in [0.5, 0.6) is 0 Å². The van der Waals surface area contributed by atoms with Crippen molar-refractivity contribution in [2.75, 3.05) is 12.0 Å². The predicted molar refractivity (Wildman–Crippen MR) is 96.1 cm³/mol. The van der Waals surface area contributed by atoms with Crippen LogP contribution in [0.1, 0.15) is 22.5 Å². The lowest BCUT2D eigenvalue weighted by molar-refractivity contribution is 0.0543. The molecule has 1 amide bonds. The molecule has 1 atom stereocenters. The number of anilines is 1. The van der Waals surface area contributed by atoms with E-state index in [-0.39, 0.29) is 22.6 Å². The number of nitrogens with two attached hydrogens (primary N) is 1. The van der Waals surface area contributed by atoms with E-state index < -0.39 is 43.4 Å². The lowest BCUT2D eigenvalue weighted by Crippen LogP contribution is -2.27. The van der Waals surface area contributed by atoms with Crippen molar-refractivity contribution in [3.63, 3.8) is 0 Å². The number of pyridine rings is 1. The third kappa shape index (κ3) is 6.46. The molecule has 3 N–H and O–H groups in total. The molecule has 1 heterocycles. The number of halogens is 4. The minimum atomic E-state index is -2.81. The average Bonchev–Trinajstić information content (AvgIpc) is 2.69. The number of benzene rings is 1. The van der Waals surface area contributed by atoms with Gasteiger partial charge in [0.25, 0.3) is 11.9 Å². The van der Waals surface area contributed by atoms with Gasteiger partial charge >= 0.3 is 0 Å². The third-order valence-electron chi connectivity index (χ3n) is 3.46. The summed E-state index contributed by atoms with van der Waals surface area (Å²) in [5.74, 6) is -1.47. The number of rotatable bonds is 7. The first-order valence-electron chi connectivity index (χ1n) is 8.14. The number of ether oxygens (including phenoxy) is 1. The number of amidine groups is 1. The number of hydrogen-bond donors (Lipinski definition) is 2. The maximum absolute atomic E-state index is 13.9. The Balaban J connectivity index is 2.14. The number of aromatic nitrogens is 1. The Bertz CT molecular complexity index is 929. The molecule has 0 bridgehead atoms. The molecule has 0 saturated carbocycles. The Labute approximate surface area is 162 Å². The van der Waals surface area contributed by atoms with Gasteiger partial charge in [0.05, 0.1) is 5.56 Å². The zero-order valence-corrected chi connectivity index (χ0v) is 14.8. The summed E-state index contributed by atoms with van der Waals surface area (Å²) in [6.45, 7) is -1.23. The van der Waals surface area contributed by atoms with Crippen LogP contribution in [-0.2, 0) is 4.74 Å². The fourth-order valence-corrected chi connectivity index (χ4v) is 2.12. The first-order valence-corrected chi connectivity index (χ1v) is 8.14. The summed E-state index contributed by atoms with van der Waals surface area (Å²) in [5, 5.41) is 11.2. The van der Waals surface area contributed by atoms with Gasteiger partial charge in [-0.25, -0.2) is 22.5 Å². The summed E-state index contributed by atoms with van der Waals surface area (Å²) in [7, 11) is 0. The highest BCUT2D eigenvalue weighted by molar-refractivity contribution is 6.03. The van der Waals surface area contributed by atoms with Crippen LogP contribution >= 0.6 is 0 Å². The highest BCUT2D eigenvalue weighted by Gasteiger charge is 2.18. The zero-order valence-electron chi connectivity index (χ0n) is 14.8. The monoisotopic (exact) mass is 409 g/mol. The van der Waals surface area contributed by atoms with E-state index in [1.54, 1.807) is 0 Å². The predicted octanol–water partition coefficient (Wildman–Crippen LogP) is 3.30. The van der Waals surface area contributed by atoms with Crippen LogP contribution in [-0.4, -0.2) is 36.1 Å². The number of hydrogen-bond acceptors (Lipinski definition) is 5. The van der Waals surface area contributed by atoms with Gasteiger partial charge in [-0.05, 0) is 30.3 Å². The fraction of sp³-hybridized carbons (Fsp3) is 0.222. The molecule has 0 saturated heterocycles. The van der Waals surface area contributed by atoms with Crippen molar-refractivity contribution < 1.29 is 27.1 Å². The average molecular weight is 409 g/mol. The second-order valence-electron chi connectivity index (χ2n) is 5.64. The molecule has 1 aromatic carbocycles. The fourth-order valence-electron chi connectivity index (χ4n) is 2.12. The molecule has 0 radical (unpaired) electrons. The number of carbonyl (C=O) groups is 1. The Kier molecular flexibility index (Phi) is 7.47. The largest absolute Gasteiger partial charge is 0.459 e. The van der Waals surface area contributed by atoms with Gasteiger partial charge in [-0.3, -0.25) is 4.79 Å². The van der Waals surface area contributed by atoms with Gasteiger partial charge in [0, 0.05) is 18.3 Å². The second kappa shape index (κ2) is 10.0. The number of alkyl halides is 3. The van der Waals surface area contributed by atoms with E-state index >= 15 is 0 Å². The number of nitriles is 1. The normalized spacial score (nSPS) is 12.3. The van der Waals surface area contributed by atoms with Crippen LogP contribution in [0.2, 0.25) is 0 Å². The standard InChI is InChI=1S/C18H15F4N5O2/c19-7-12(6-16(21)22)29-18(24)27-15-5-11(2-3-13(15)20)26-17(28)14-4-1-10(8-23)9-25-14/h1-5,9,12,16H,6-7H2,(H2,24,27)(H,26,28)/t12-/m1/s1. The molecular weight excluding hydrogens is 394 g/mol. The summed E-state index contributed by atoms with van der Waals surface area (Å²) in [5.41, 5.74) is 5.48. The van der Waals surface area contributed by atoms with E-state index in [9.17, 15) is 22.4 Å². The van der Waals surface area contributed by atoms with E-state index in [1.807, 2.05) is 6.07 Å². The topological polar surface area (TPSA) is 113 Å². The number of carbonyl (C=O) groups excluding carboxylic acids is 1. The van der Waals surface area contributed by atoms with Crippen molar-refractivity contribution in [3.8, 4) is 6.07 Å². The maximum atomic E-state index is 13.9. The van der Waals surface area contributed by atoms with Crippen LogP contribution in [0.4, 0.5) is 28.9 Å². The van der Waals surface area contributed by atoms with Crippen LogP contribution in [0.25, 0.3) is 0 Å². The Morgan fingerprint density at radius 1 is 1.34 bits per heavy atom. The SMILES string of the molecule is N#Cc1ccc(C(=O)Nc2ccc(F)c(/N=C(/N)O[C@@H](CF)CC(F)F)c2)nc1. The summed E-state index contributed by atoms with van der Waals surface area (Å²) in [6, 6.07) is 7.24. The number of nitrogens with zero attached hydrogens (tertiary/aromatic N) is 3. The van der Waals surface area contributed by atoms with Gasteiger partial charge in [0.15, 0.2) is 0 Å². The van der Waals surface area contributed by atoms with E-state index in [4.69, 9.17) is 15.7 Å². The third-order valence-corrected chi connectivity index (χ3v) is 3.46. The first kappa shape index (κ1) is 21.6. The molecule has 0 aliphatic carbocycles. The van der Waals surface area contributed by atoms with Crippen molar-refractivity contribution in [3.05, 3.63) is 53.6 Å². The number of aliphatic imine (C=N–C) groups is 1. The molecular formula is C18H15F4N5O2. The van der Waals surface area contributed by atoms with Crippen molar-refractivity contribution in [1.29, 1.82) is 5.26 Å². The molecule has 29 heavy (non-hydrogen) atoms. The molecule has 152 valence electrons. The Hall–Kier alpha value is -3.68.